The van der Waals surface area contributed by atoms with Crippen molar-refractivity contribution >= 4 is 11.9 Å². The number of amides is 1. The molecule has 0 unspecified atom stereocenters. The number of carbonyl (C=O) groups excluding carboxylic acids is 2. The fourth-order valence-electron chi connectivity index (χ4n) is 3.66. The highest BCUT2D eigenvalue weighted by atomic mass is 16.5. The lowest BCUT2D eigenvalue weighted by molar-refractivity contribution is -0.149. The van der Waals surface area contributed by atoms with Gasteiger partial charge in [0.1, 0.15) is 11.1 Å². The van der Waals surface area contributed by atoms with Crippen LogP contribution >= 0.6 is 0 Å². The van der Waals surface area contributed by atoms with E-state index < -0.39 is 17.4 Å². The predicted molar refractivity (Wildman–Crippen MR) is 100 cm³/mol. The average Bonchev–Trinajstić information content (AvgIpc) is 2.64. The largest absolute Gasteiger partial charge is 0.467 e. The molecule has 1 heterocycles. The molecule has 0 saturated heterocycles. The molecular weight excluding hydrogens is 332 g/mol. The molecule has 0 aliphatic heterocycles. The second-order valence-electron chi connectivity index (χ2n) is 7.23. The maximum Gasteiger partial charge on any atom is 0.331 e. The van der Waals surface area contributed by atoms with Crippen LogP contribution in [0.1, 0.15) is 73.5 Å². The van der Waals surface area contributed by atoms with Gasteiger partial charge in [-0.3, -0.25) is 9.59 Å². The van der Waals surface area contributed by atoms with Gasteiger partial charge < -0.3 is 14.6 Å². The van der Waals surface area contributed by atoms with Gasteiger partial charge >= 0.3 is 5.97 Å². The summed E-state index contributed by atoms with van der Waals surface area (Å²) in [5.74, 6) is -0.920. The fourth-order valence-corrected chi connectivity index (χ4v) is 3.66. The summed E-state index contributed by atoms with van der Waals surface area (Å²) in [6.07, 6.45) is 5.65. The summed E-state index contributed by atoms with van der Waals surface area (Å²) in [5, 5.41) is 2.84. The molecule has 2 rings (SSSR count). The summed E-state index contributed by atoms with van der Waals surface area (Å²) in [7, 11) is 1.33. The van der Waals surface area contributed by atoms with Gasteiger partial charge in [-0.1, -0.05) is 32.6 Å². The minimum Gasteiger partial charge on any atom is -0.467 e. The number of hydrogen-bond acceptors (Lipinski definition) is 4. The second-order valence-corrected chi connectivity index (χ2v) is 7.23. The maximum atomic E-state index is 12.9. The van der Waals surface area contributed by atoms with E-state index >= 15 is 0 Å². The monoisotopic (exact) mass is 362 g/mol. The Morgan fingerprint density at radius 2 is 1.88 bits per heavy atom. The van der Waals surface area contributed by atoms with Crippen molar-refractivity contribution in [3.8, 4) is 0 Å². The number of rotatable bonds is 6. The third-order valence-corrected chi connectivity index (χ3v) is 5.43. The van der Waals surface area contributed by atoms with E-state index in [1.54, 1.807) is 10.6 Å². The number of carbonyl (C=O) groups is 2. The van der Waals surface area contributed by atoms with Gasteiger partial charge in [0.05, 0.1) is 7.11 Å². The highest BCUT2D eigenvalue weighted by molar-refractivity contribution is 5.98. The van der Waals surface area contributed by atoms with Crippen molar-refractivity contribution in [3.05, 3.63) is 33.2 Å². The number of nitrogens with zero attached hydrogens (tertiary/aromatic N) is 1. The standard InChI is InChI=1S/C20H30N2O4/c1-5-6-12-22-15(3)14(2)13-16(18(22)24)17(23)21-20(19(25)26-4)10-8-7-9-11-20/h13H,5-12H2,1-4H3,(H,21,23). The first-order valence-electron chi connectivity index (χ1n) is 9.48. The van der Waals surface area contributed by atoms with E-state index in [0.717, 1.165) is 43.4 Å². The Kier molecular flexibility index (Phi) is 6.62. The van der Waals surface area contributed by atoms with Crippen LogP contribution in [-0.4, -0.2) is 29.1 Å². The van der Waals surface area contributed by atoms with E-state index in [-0.39, 0.29) is 11.1 Å². The molecule has 1 saturated carbocycles. The molecule has 0 spiro atoms. The van der Waals surface area contributed by atoms with Crippen LogP contribution in [0.2, 0.25) is 0 Å². The SMILES string of the molecule is CCCCn1c(C)c(C)cc(C(=O)NC2(C(=O)OC)CCCCC2)c1=O. The van der Waals surface area contributed by atoms with Crippen LogP contribution in [0.15, 0.2) is 10.9 Å². The summed E-state index contributed by atoms with van der Waals surface area (Å²) in [5.41, 5.74) is 0.540. The minimum atomic E-state index is -1.02. The lowest BCUT2D eigenvalue weighted by Crippen LogP contribution is -2.56. The molecule has 0 atom stereocenters. The first-order chi connectivity index (χ1) is 12.4. The van der Waals surface area contributed by atoms with E-state index in [0.29, 0.717) is 19.4 Å². The van der Waals surface area contributed by atoms with Gasteiger partial charge in [0.25, 0.3) is 11.5 Å². The number of pyridine rings is 1. The molecule has 0 aromatic carbocycles. The lowest BCUT2D eigenvalue weighted by atomic mass is 9.81. The summed E-state index contributed by atoms with van der Waals surface area (Å²) in [4.78, 5) is 38.1. The number of unbranched alkanes of at least 4 members (excludes halogenated alkanes) is 1. The average molecular weight is 362 g/mol. The minimum absolute atomic E-state index is 0.0954. The number of ether oxygens (including phenoxy) is 1. The van der Waals surface area contributed by atoms with Gasteiger partial charge in [-0.15, -0.1) is 0 Å². The molecule has 144 valence electrons. The molecule has 1 amide bonds. The van der Waals surface area contributed by atoms with Crippen LogP contribution in [-0.2, 0) is 16.1 Å². The maximum absolute atomic E-state index is 12.9. The van der Waals surface area contributed by atoms with Crippen molar-refractivity contribution in [2.24, 2.45) is 0 Å². The summed E-state index contributed by atoms with van der Waals surface area (Å²) in [6, 6.07) is 1.63. The van der Waals surface area contributed by atoms with E-state index in [2.05, 4.69) is 12.2 Å². The normalized spacial score (nSPS) is 16.2. The van der Waals surface area contributed by atoms with Crippen LogP contribution in [0.5, 0.6) is 0 Å². The molecule has 1 aliphatic carbocycles. The number of aromatic nitrogens is 1. The second kappa shape index (κ2) is 8.52. The third kappa shape index (κ3) is 4.00. The number of aryl methyl sites for hydroxylation is 1. The van der Waals surface area contributed by atoms with Gasteiger partial charge in [0, 0.05) is 12.2 Å². The Balaban J connectivity index is 2.38. The Bertz CT molecular complexity index is 730. The zero-order valence-corrected chi connectivity index (χ0v) is 16.3. The van der Waals surface area contributed by atoms with E-state index in [1.807, 2.05) is 13.8 Å². The Morgan fingerprint density at radius 1 is 1.23 bits per heavy atom. The Morgan fingerprint density at radius 3 is 2.46 bits per heavy atom. The van der Waals surface area contributed by atoms with Gasteiger partial charge in [0.15, 0.2) is 0 Å². The van der Waals surface area contributed by atoms with E-state index in [1.165, 1.54) is 7.11 Å². The van der Waals surface area contributed by atoms with Crippen LogP contribution in [0.25, 0.3) is 0 Å². The van der Waals surface area contributed by atoms with Crippen molar-refractivity contribution < 1.29 is 14.3 Å². The summed E-state index contributed by atoms with van der Waals surface area (Å²) >= 11 is 0. The highest BCUT2D eigenvalue weighted by Gasteiger charge is 2.42. The van der Waals surface area contributed by atoms with Crippen molar-refractivity contribution in [2.75, 3.05) is 7.11 Å². The third-order valence-electron chi connectivity index (χ3n) is 5.43. The Labute approximate surface area is 154 Å². The molecule has 26 heavy (non-hydrogen) atoms. The first kappa shape index (κ1) is 20.2. The predicted octanol–water partition coefficient (Wildman–Crippen LogP) is 2.87. The molecule has 6 nitrogen and oxygen atoms in total. The quantitative estimate of drug-likeness (QED) is 0.790. The van der Waals surface area contributed by atoms with Gasteiger partial charge in [-0.25, -0.2) is 4.79 Å². The van der Waals surface area contributed by atoms with Gasteiger partial charge in [-0.05, 0) is 44.7 Å². The van der Waals surface area contributed by atoms with Crippen LogP contribution in [0.3, 0.4) is 0 Å². The number of nitrogens with one attached hydrogen (secondary N) is 1. The van der Waals surface area contributed by atoms with Crippen LogP contribution < -0.4 is 10.9 Å². The van der Waals surface area contributed by atoms with Gasteiger partial charge in [0.2, 0.25) is 0 Å². The number of methoxy groups -OCH3 is 1. The summed E-state index contributed by atoms with van der Waals surface area (Å²) < 4.78 is 6.61. The number of hydrogen-bond donors (Lipinski definition) is 1. The number of esters is 1. The molecule has 1 aromatic heterocycles. The van der Waals surface area contributed by atoms with Crippen molar-refractivity contribution in [1.29, 1.82) is 0 Å². The smallest absolute Gasteiger partial charge is 0.331 e. The van der Waals surface area contributed by atoms with Crippen molar-refractivity contribution in [1.82, 2.24) is 9.88 Å². The van der Waals surface area contributed by atoms with Crippen molar-refractivity contribution in [3.63, 3.8) is 0 Å². The molecule has 1 aromatic rings. The first-order valence-corrected chi connectivity index (χ1v) is 9.48. The van der Waals surface area contributed by atoms with E-state index in [9.17, 15) is 14.4 Å². The zero-order chi connectivity index (χ0) is 19.3. The summed E-state index contributed by atoms with van der Waals surface area (Å²) in [6.45, 7) is 6.44. The highest BCUT2D eigenvalue weighted by Crippen LogP contribution is 2.29. The van der Waals surface area contributed by atoms with Crippen molar-refractivity contribution in [2.45, 2.75) is 77.8 Å². The molecule has 0 bridgehead atoms. The molecule has 1 N–H and O–H groups in total. The molecule has 1 fully saturated rings. The van der Waals surface area contributed by atoms with Gasteiger partial charge in [-0.2, -0.15) is 0 Å². The zero-order valence-electron chi connectivity index (χ0n) is 16.3. The fraction of sp³-hybridized carbons (Fsp3) is 0.650. The Hall–Kier alpha value is -2.11. The van der Waals surface area contributed by atoms with Crippen LogP contribution in [0.4, 0.5) is 0 Å². The van der Waals surface area contributed by atoms with Crippen LogP contribution in [0, 0.1) is 13.8 Å². The molecular formula is C20H30N2O4. The molecule has 6 heteroatoms. The topological polar surface area (TPSA) is 77.4 Å². The molecule has 1 aliphatic rings. The van der Waals surface area contributed by atoms with E-state index in [4.69, 9.17) is 4.74 Å². The molecule has 0 radical (unpaired) electrons. The lowest BCUT2D eigenvalue weighted by Gasteiger charge is -2.35.